The molecule has 1 N–H and O–H groups in total. The third-order valence-corrected chi connectivity index (χ3v) is 3.93. The predicted octanol–water partition coefficient (Wildman–Crippen LogP) is 0.821. The number of rotatable bonds is 2. The Morgan fingerprint density at radius 3 is 2.82 bits per heavy atom. The van der Waals surface area contributed by atoms with Crippen LogP contribution in [0.2, 0.25) is 5.02 Å². The summed E-state index contributed by atoms with van der Waals surface area (Å²) in [6.07, 6.45) is -1.63. The smallest absolute Gasteiger partial charge is 0.252 e. The van der Waals surface area contributed by atoms with E-state index in [0.29, 0.717) is 6.07 Å². The van der Waals surface area contributed by atoms with Crippen molar-refractivity contribution in [3.63, 3.8) is 0 Å². The number of carbonyl (C=O) groups excluding carboxylic acids is 2. The van der Waals surface area contributed by atoms with Crippen molar-refractivity contribution in [1.29, 1.82) is 0 Å². The van der Waals surface area contributed by atoms with Gasteiger partial charge in [-0.3, -0.25) is 9.59 Å². The Morgan fingerprint density at radius 1 is 1.36 bits per heavy atom. The normalized spacial score (nSPS) is 26.7. The summed E-state index contributed by atoms with van der Waals surface area (Å²) < 4.78 is 37.3. The number of hydrogen-bond donors (Lipinski definition) is 1. The van der Waals surface area contributed by atoms with Gasteiger partial charge >= 0.3 is 0 Å². The minimum Gasteiger partial charge on any atom is -0.346 e. The van der Waals surface area contributed by atoms with Crippen molar-refractivity contribution < 1.29 is 27.8 Å². The lowest BCUT2D eigenvalue weighted by Crippen LogP contribution is -2.48. The van der Waals surface area contributed by atoms with E-state index in [0.717, 1.165) is 11.0 Å². The molecular formula is C13H11ClF2N2O4. The summed E-state index contributed by atoms with van der Waals surface area (Å²) in [5.41, 5.74) is -0.201. The van der Waals surface area contributed by atoms with Gasteiger partial charge in [0.25, 0.3) is 11.8 Å². The molecule has 22 heavy (non-hydrogen) atoms. The Bertz CT molecular complexity index is 657. The molecule has 1 aromatic rings. The first kappa shape index (κ1) is 15.1. The Labute approximate surface area is 128 Å². The third-order valence-electron chi connectivity index (χ3n) is 3.64. The van der Waals surface area contributed by atoms with Crippen LogP contribution in [0.5, 0.6) is 0 Å². The van der Waals surface area contributed by atoms with E-state index in [1.165, 1.54) is 7.05 Å². The number of fused-ring (bicyclic) bond motifs is 1. The number of ether oxygens (including phenoxy) is 2. The minimum absolute atomic E-state index is 0.0903. The Balaban J connectivity index is 1.86. The minimum atomic E-state index is -1.01. The fraction of sp³-hybridized carbons (Fsp3) is 0.385. The van der Waals surface area contributed by atoms with Crippen LogP contribution in [0.1, 0.15) is 0 Å². The molecule has 2 amide bonds. The molecule has 3 rings (SSSR count). The van der Waals surface area contributed by atoms with Crippen molar-refractivity contribution in [3.05, 3.63) is 28.8 Å². The number of likely N-dealkylation sites (N-methyl/N-ethyl adjacent to an activating group) is 1. The second kappa shape index (κ2) is 5.45. The van der Waals surface area contributed by atoms with Gasteiger partial charge in [0.1, 0.15) is 30.6 Å². The SMILES string of the molecule is CN(C(=O)[C@H]1NC(=O)[C@H]2OCO[C@@H]12)c1cc(Cl)c(F)cc1F. The third kappa shape index (κ3) is 2.33. The molecular weight excluding hydrogens is 322 g/mol. The van der Waals surface area contributed by atoms with E-state index in [4.69, 9.17) is 21.1 Å². The highest BCUT2D eigenvalue weighted by Gasteiger charge is 2.51. The molecule has 2 heterocycles. The van der Waals surface area contributed by atoms with Crippen molar-refractivity contribution in [1.82, 2.24) is 5.32 Å². The van der Waals surface area contributed by atoms with Crippen LogP contribution in [-0.2, 0) is 19.1 Å². The number of nitrogens with zero attached hydrogens (tertiary/aromatic N) is 1. The van der Waals surface area contributed by atoms with Gasteiger partial charge in [0.15, 0.2) is 6.10 Å². The highest BCUT2D eigenvalue weighted by molar-refractivity contribution is 6.31. The first-order valence-corrected chi connectivity index (χ1v) is 6.73. The van der Waals surface area contributed by atoms with E-state index >= 15 is 0 Å². The molecule has 0 radical (unpaired) electrons. The highest BCUT2D eigenvalue weighted by Crippen LogP contribution is 2.28. The summed E-state index contributed by atoms with van der Waals surface area (Å²) in [4.78, 5) is 25.1. The monoisotopic (exact) mass is 332 g/mol. The van der Waals surface area contributed by atoms with Crippen LogP contribution in [-0.4, -0.2) is 43.9 Å². The molecule has 3 atom stereocenters. The van der Waals surface area contributed by atoms with Crippen molar-refractivity contribution in [2.45, 2.75) is 18.2 Å². The molecule has 6 nitrogen and oxygen atoms in total. The number of benzene rings is 1. The molecule has 118 valence electrons. The second-order valence-electron chi connectivity index (χ2n) is 4.94. The summed E-state index contributed by atoms with van der Waals surface area (Å²) in [7, 11) is 1.30. The van der Waals surface area contributed by atoms with Crippen molar-refractivity contribution in [3.8, 4) is 0 Å². The summed E-state index contributed by atoms with van der Waals surface area (Å²) in [5, 5.41) is 2.13. The zero-order chi connectivity index (χ0) is 16.0. The maximum absolute atomic E-state index is 13.8. The number of hydrogen-bond acceptors (Lipinski definition) is 4. The lowest BCUT2D eigenvalue weighted by Gasteiger charge is -2.24. The van der Waals surface area contributed by atoms with Gasteiger partial charge in [-0.05, 0) is 6.07 Å². The molecule has 0 bridgehead atoms. The molecule has 2 saturated heterocycles. The Hall–Kier alpha value is -1.77. The van der Waals surface area contributed by atoms with E-state index < -0.39 is 41.7 Å². The maximum atomic E-state index is 13.8. The van der Waals surface area contributed by atoms with Crippen LogP contribution in [0.4, 0.5) is 14.5 Å². The molecule has 0 saturated carbocycles. The fourth-order valence-electron chi connectivity index (χ4n) is 2.49. The first-order chi connectivity index (χ1) is 10.4. The van der Waals surface area contributed by atoms with Crippen molar-refractivity contribution in [2.24, 2.45) is 0 Å². The zero-order valence-corrected chi connectivity index (χ0v) is 12.1. The van der Waals surface area contributed by atoms with Crippen LogP contribution in [0.25, 0.3) is 0 Å². The Kier molecular flexibility index (Phi) is 3.75. The second-order valence-corrected chi connectivity index (χ2v) is 5.34. The summed E-state index contributed by atoms with van der Waals surface area (Å²) >= 11 is 5.61. The van der Waals surface area contributed by atoms with Gasteiger partial charge in [0.2, 0.25) is 0 Å². The van der Waals surface area contributed by atoms with Crippen molar-refractivity contribution in [2.75, 3.05) is 18.7 Å². The number of carbonyl (C=O) groups is 2. The van der Waals surface area contributed by atoms with E-state index in [9.17, 15) is 18.4 Å². The molecule has 2 aliphatic heterocycles. The molecule has 2 fully saturated rings. The van der Waals surface area contributed by atoms with Gasteiger partial charge in [-0.15, -0.1) is 0 Å². The van der Waals surface area contributed by atoms with E-state index in [2.05, 4.69) is 5.32 Å². The molecule has 0 aliphatic carbocycles. The van der Waals surface area contributed by atoms with Gasteiger partial charge in [-0.2, -0.15) is 0 Å². The molecule has 0 spiro atoms. The van der Waals surface area contributed by atoms with Crippen molar-refractivity contribution >= 4 is 29.1 Å². The van der Waals surface area contributed by atoms with E-state index in [1.54, 1.807) is 0 Å². The van der Waals surface area contributed by atoms with E-state index in [-0.39, 0.29) is 17.5 Å². The summed E-state index contributed by atoms with van der Waals surface area (Å²) in [6.45, 7) is -0.0903. The lowest BCUT2D eigenvalue weighted by molar-refractivity contribution is -0.130. The standard InChI is InChI=1S/C13H11ClF2N2O4/c1-18(8-2-5(14)6(15)3-7(8)16)13(20)9-10-11(12(19)17-9)22-4-21-10/h2-3,9-11H,4H2,1H3,(H,17,19)/t9-,10-,11-/m0/s1. The number of halogens is 3. The predicted molar refractivity (Wildman–Crippen MR) is 71.3 cm³/mol. The van der Waals surface area contributed by atoms with Crippen LogP contribution in [0.3, 0.4) is 0 Å². The quantitative estimate of drug-likeness (QED) is 0.814. The molecule has 9 heteroatoms. The maximum Gasteiger partial charge on any atom is 0.252 e. The number of amides is 2. The first-order valence-electron chi connectivity index (χ1n) is 6.36. The molecule has 0 unspecified atom stereocenters. The van der Waals surface area contributed by atoms with Gasteiger partial charge in [-0.25, -0.2) is 8.78 Å². The fourth-order valence-corrected chi connectivity index (χ4v) is 2.64. The number of anilines is 1. The van der Waals surface area contributed by atoms with Crippen LogP contribution in [0, 0.1) is 11.6 Å². The zero-order valence-electron chi connectivity index (χ0n) is 11.3. The summed E-state index contributed by atoms with van der Waals surface area (Å²) in [5.74, 6) is -2.95. The molecule has 0 aromatic heterocycles. The van der Waals surface area contributed by atoms with Crippen LogP contribution in [0.15, 0.2) is 12.1 Å². The van der Waals surface area contributed by atoms with Crippen LogP contribution >= 0.6 is 11.6 Å². The van der Waals surface area contributed by atoms with Gasteiger partial charge < -0.3 is 19.7 Å². The average Bonchev–Trinajstić information content (AvgIpc) is 3.06. The van der Waals surface area contributed by atoms with E-state index in [1.807, 2.05) is 0 Å². The molecule has 1 aromatic carbocycles. The highest BCUT2D eigenvalue weighted by atomic mass is 35.5. The lowest BCUT2D eigenvalue weighted by atomic mass is 10.1. The van der Waals surface area contributed by atoms with Gasteiger partial charge in [0, 0.05) is 13.1 Å². The van der Waals surface area contributed by atoms with Gasteiger partial charge in [0.05, 0.1) is 10.7 Å². The van der Waals surface area contributed by atoms with Crippen LogP contribution < -0.4 is 10.2 Å². The Morgan fingerprint density at radius 2 is 2.09 bits per heavy atom. The van der Waals surface area contributed by atoms with Gasteiger partial charge in [-0.1, -0.05) is 11.6 Å². The average molecular weight is 333 g/mol. The number of nitrogens with one attached hydrogen (secondary N) is 1. The molecule has 2 aliphatic rings. The summed E-state index contributed by atoms with van der Waals surface area (Å²) in [6, 6.07) is 0.588. The topological polar surface area (TPSA) is 67.9 Å². The largest absolute Gasteiger partial charge is 0.346 e.